The van der Waals surface area contributed by atoms with E-state index >= 15 is 0 Å². The van der Waals surface area contributed by atoms with Crippen LogP contribution in [0.3, 0.4) is 0 Å². The Balaban J connectivity index is 2.46. The van der Waals surface area contributed by atoms with Gasteiger partial charge < -0.3 is 10.0 Å². The first kappa shape index (κ1) is 7.54. The van der Waals surface area contributed by atoms with Crippen molar-refractivity contribution in [1.82, 2.24) is 4.90 Å². The van der Waals surface area contributed by atoms with Crippen LogP contribution in [0.1, 0.15) is 19.8 Å². The van der Waals surface area contributed by atoms with Gasteiger partial charge in [0, 0.05) is 12.6 Å². The van der Waals surface area contributed by atoms with Gasteiger partial charge in [0.15, 0.2) is 0 Å². The van der Waals surface area contributed by atoms with E-state index in [1.54, 1.807) is 4.90 Å². The molecule has 1 fully saturated rings. The maximum absolute atomic E-state index is 10.9. The third kappa shape index (κ3) is 1.29. The van der Waals surface area contributed by atoms with E-state index in [1.807, 2.05) is 6.92 Å². The van der Waals surface area contributed by atoms with Crippen LogP contribution in [0.5, 0.6) is 0 Å². The number of rotatable bonds is 1. The summed E-state index contributed by atoms with van der Waals surface area (Å²) in [5.74, 6) is -0.134. The number of nitrogens with zero attached hydrogens (tertiary/aromatic N) is 1. The highest BCUT2D eigenvalue weighted by Gasteiger charge is 2.23. The molecule has 3 heteroatoms. The van der Waals surface area contributed by atoms with E-state index in [9.17, 15) is 4.79 Å². The molecule has 1 N–H and O–H groups in total. The first-order valence-electron chi connectivity index (χ1n) is 3.66. The van der Waals surface area contributed by atoms with Gasteiger partial charge in [-0.15, -0.1) is 0 Å². The lowest BCUT2D eigenvalue weighted by Crippen LogP contribution is -2.35. The average Bonchev–Trinajstić information content (AvgIpc) is 2.34. The molecular weight excluding hydrogens is 130 g/mol. The molecule has 58 valence electrons. The van der Waals surface area contributed by atoms with Crippen LogP contribution in [-0.4, -0.2) is 35.1 Å². The van der Waals surface area contributed by atoms with E-state index in [0.717, 1.165) is 19.4 Å². The second-order valence-corrected chi connectivity index (χ2v) is 2.74. The molecule has 1 aliphatic heterocycles. The highest BCUT2D eigenvalue weighted by atomic mass is 16.3. The zero-order chi connectivity index (χ0) is 7.56. The van der Waals surface area contributed by atoms with Crippen molar-refractivity contribution in [2.24, 2.45) is 0 Å². The highest BCUT2D eigenvalue weighted by molar-refractivity contribution is 5.77. The summed E-state index contributed by atoms with van der Waals surface area (Å²) in [6.07, 6.45) is 2.15. The highest BCUT2D eigenvalue weighted by Crippen LogP contribution is 2.15. The first-order chi connectivity index (χ1) is 4.75. The lowest BCUT2D eigenvalue weighted by molar-refractivity contribution is -0.134. The molecule has 0 aromatic carbocycles. The van der Waals surface area contributed by atoms with E-state index < -0.39 is 0 Å². The molecule has 0 unspecified atom stereocenters. The molecule has 1 aliphatic rings. The largest absolute Gasteiger partial charge is 0.387 e. The molecular formula is C7H13NO2. The Kier molecular flexibility index (Phi) is 2.27. The monoisotopic (exact) mass is 143 g/mol. The van der Waals surface area contributed by atoms with E-state index in [1.165, 1.54) is 0 Å². The molecule has 0 bridgehead atoms. The maximum atomic E-state index is 10.9. The summed E-state index contributed by atoms with van der Waals surface area (Å²) in [5, 5.41) is 8.52. The zero-order valence-corrected chi connectivity index (χ0v) is 6.21. The quantitative estimate of drug-likeness (QED) is 0.561. The molecule has 1 heterocycles. The SMILES string of the molecule is C[C@H]1CCCN1C(=O)CO. The molecule has 1 saturated heterocycles. The number of amides is 1. The van der Waals surface area contributed by atoms with E-state index in [-0.39, 0.29) is 12.5 Å². The molecule has 1 rings (SSSR count). The number of carbonyl (C=O) groups is 1. The molecule has 0 aromatic heterocycles. The smallest absolute Gasteiger partial charge is 0.248 e. The standard InChI is InChI=1S/C7H13NO2/c1-6-3-2-4-8(6)7(10)5-9/h6,9H,2-5H2,1H3/t6-/m0/s1. The maximum Gasteiger partial charge on any atom is 0.248 e. The van der Waals surface area contributed by atoms with Gasteiger partial charge in [0.05, 0.1) is 0 Å². The molecule has 0 spiro atoms. The minimum Gasteiger partial charge on any atom is -0.387 e. The molecule has 1 amide bonds. The Morgan fingerprint density at radius 1 is 1.80 bits per heavy atom. The topological polar surface area (TPSA) is 40.5 Å². The second kappa shape index (κ2) is 3.01. The van der Waals surface area contributed by atoms with Crippen molar-refractivity contribution < 1.29 is 9.90 Å². The van der Waals surface area contributed by atoms with Gasteiger partial charge >= 0.3 is 0 Å². The van der Waals surface area contributed by atoms with Crippen LogP contribution in [0.15, 0.2) is 0 Å². The zero-order valence-electron chi connectivity index (χ0n) is 6.21. The molecule has 0 aromatic rings. The van der Waals surface area contributed by atoms with Gasteiger partial charge in [0.1, 0.15) is 6.61 Å². The Bertz CT molecular complexity index is 136. The number of likely N-dealkylation sites (tertiary alicyclic amines) is 1. The Morgan fingerprint density at radius 3 is 2.90 bits per heavy atom. The second-order valence-electron chi connectivity index (χ2n) is 2.74. The van der Waals surface area contributed by atoms with Crippen molar-refractivity contribution in [3.05, 3.63) is 0 Å². The fourth-order valence-corrected chi connectivity index (χ4v) is 1.39. The van der Waals surface area contributed by atoms with Gasteiger partial charge in [0.25, 0.3) is 0 Å². The lowest BCUT2D eigenvalue weighted by Gasteiger charge is -2.19. The summed E-state index contributed by atoms with van der Waals surface area (Å²) < 4.78 is 0. The fraction of sp³-hybridized carbons (Fsp3) is 0.857. The van der Waals surface area contributed by atoms with E-state index in [0.29, 0.717) is 6.04 Å². The average molecular weight is 143 g/mol. The van der Waals surface area contributed by atoms with Crippen LogP contribution in [0.4, 0.5) is 0 Å². The normalized spacial score (nSPS) is 25.4. The van der Waals surface area contributed by atoms with Gasteiger partial charge in [-0.2, -0.15) is 0 Å². The minimum absolute atomic E-state index is 0.134. The molecule has 0 aliphatic carbocycles. The summed E-state index contributed by atoms with van der Waals surface area (Å²) >= 11 is 0. The minimum atomic E-state index is -0.343. The van der Waals surface area contributed by atoms with E-state index in [2.05, 4.69) is 0 Å². The van der Waals surface area contributed by atoms with Crippen molar-refractivity contribution in [2.45, 2.75) is 25.8 Å². The van der Waals surface area contributed by atoms with Crippen LogP contribution in [0, 0.1) is 0 Å². The lowest BCUT2D eigenvalue weighted by atomic mass is 10.2. The van der Waals surface area contributed by atoms with Crippen molar-refractivity contribution in [3.63, 3.8) is 0 Å². The van der Waals surface area contributed by atoms with Crippen molar-refractivity contribution in [2.75, 3.05) is 13.2 Å². The number of carbonyl (C=O) groups excluding carboxylic acids is 1. The number of hydrogen-bond acceptors (Lipinski definition) is 2. The third-order valence-electron chi connectivity index (χ3n) is 2.01. The number of aliphatic hydroxyl groups is 1. The van der Waals surface area contributed by atoms with Gasteiger partial charge in [-0.3, -0.25) is 4.79 Å². The number of aliphatic hydroxyl groups excluding tert-OH is 1. The molecule has 1 atom stereocenters. The Morgan fingerprint density at radius 2 is 2.50 bits per heavy atom. The predicted octanol–water partition coefficient (Wildman–Crippen LogP) is -0.0104. The van der Waals surface area contributed by atoms with Crippen LogP contribution in [0.25, 0.3) is 0 Å². The molecule has 10 heavy (non-hydrogen) atoms. The summed E-state index contributed by atoms with van der Waals surface area (Å²) in [6, 6.07) is 0.333. The van der Waals surface area contributed by atoms with Crippen molar-refractivity contribution >= 4 is 5.91 Å². The van der Waals surface area contributed by atoms with Crippen molar-refractivity contribution in [3.8, 4) is 0 Å². The number of hydrogen-bond donors (Lipinski definition) is 1. The van der Waals surface area contributed by atoms with Gasteiger partial charge in [0.2, 0.25) is 5.91 Å². The van der Waals surface area contributed by atoms with E-state index in [4.69, 9.17) is 5.11 Å². The molecule has 3 nitrogen and oxygen atoms in total. The van der Waals surface area contributed by atoms with Gasteiger partial charge in [-0.05, 0) is 19.8 Å². The van der Waals surface area contributed by atoms with Crippen LogP contribution in [-0.2, 0) is 4.79 Å². The van der Waals surface area contributed by atoms with Gasteiger partial charge in [-0.1, -0.05) is 0 Å². The van der Waals surface area contributed by atoms with Crippen molar-refractivity contribution in [1.29, 1.82) is 0 Å². The fourth-order valence-electron chi connectivity index (χ4n) is 1.39. The summed E-state index contributed by atoms with van der Waals surface area (Å²) in [6.45, 7) is 2.49. The first-order valence-corrected chi connectivity index (χ1v) is 3.66. The summed E-state index contributed by atoms with van der Waals surface area (Å²) in [4.78, 5) is 12.6. The third-order valence-corrected chi connectivity index (χ3v) is 2.01. The molecule has 0 saturated carbocycles. The Hall–Kier alpha value is -0.570. The van der Waals surface area contributed by atoms with Gasteiger partial charge in [-0.25, -0.2) is 0 Å². The van der Waals surface area contributed by atoms with Crippen LogP contribution in [0.2, 0.25) is 0 Å². The Labute approximate surface area is 60.6 Å². The predicted molar refractivity (Wildman–Crippen MR) is 37.5 cm³/mol. The molecule has 0 radical (unpaired) electrons. The van der Waals surface area contributed by atoms with Crippen LogP contribution < -0.4 is 0 Å². The summed E-state index contributed by atoms with van der Waals surface area (Å²) in [7, 11) is 0. The van der Waals surface area contributed by atoms with Crippen LogP contribution >= 0.6 is 0 Å². The summed E-state index contributed by atoms with van der Waals surface area (Å²) in [5.41, 5.74) is 0.